The highest BCUT2D eigenvalue weighted by Gasteiger charge is 2.33. The van der Waals surface area contributed by atoms with E-state index in [1.54, 1.807) is 0 Å². The molecule has 24 heavy (non-hydrogen) atoms. The van der Waals surface area contributed by atoms with Crippen LogP contribution in [0.3, 0.4) is 0 Å². The largest absolute Gasteiger partial charge is 0.444 e. The topological polar surface area (TPSA) is 41.6 Å². The maximum Gasteiger partial charge on any atom is 0.410 e. The highest BCUT2D eigenvalue weighted by atomic mass is 19.1. The molecule has 1 fully saturated rings. The second-order valence-electron chi connectivity index (χ2n) is 6.70. The van der Waals surface area contributed by atoms with Crippen LogP contribution in [0.4, 0.5) is 9.18 Å². The molecule has 1 heterocycles. The standard InChI is InChI=1S/C17H25FN2O2.C2H6/c1-17(2,3)22-16(21)20-10-9-15(14(18)12-20)19-11-13-7-5-4-6-8-13;1-2/h4-8,14-15,19H,9-12H2,1-3H3;1-2H3. The van der Waals surface area contributed by atoms with Gasteiger partial charge in [-0.05, 0) is 32.8 Å². The third-order valence-electron chi connectivity index (χ3n) is 3.60. The average Bonchev–Trinajstić information content (AvgIpc) is 2.55. The lowest BCUT2D eigenvalue weighted by Crippen LogP contribution is -2.53. The molecule has 2 atom stereocenters. The predicted molar refractivity (Wildman–Crippen MR) is 95.7 cm³/mol. The van der Waals surface area contributed by atoms with Gasteiger partial charge < -0.3 is 15.0 Å². The SMILES string of the molecule is CC.CC(C)(C)OC(=O)N1CCC(NCc2ccccc2)C(F)C1. The quantitative estimate of drug-likeness (QED) is 0.900. The molecule has 1 N–H and O–H groups in total. The van der Waals surface area contributed by atoms with Gasteiger partial charge in [0.05, 0.1) is 6.54 Å². The Morgan fingerprint density at radius 2 is 1.92 bits per heavy atom. The Morgan fingerprint density at radius 1 is 1.29 bits per heavy atom. The van der Waals surface area contributed by atoms with Crippen LogP contribution < -0.4 is 5.32 Å². The van der Waals surface area contributed by atoms with Crippen molar-refractivity contribution >= 4 is 6.09 Å². The summed E-state index contributed by atoms with van der Waals surface area (Å²) in [6.45, 7) is 10.7. The number of amides is 1. The van der Waals surface area contributed by atoms with Crippen molar-refractivity contribution in [3.63, 3.8) is 0 Å². The molecule has 4 nitrogen and oxygen atoms in total. The minimum absolute atomic E-state index is 0.0847. The summed E-state index contributed by atoms with van der Waals surface area (Å²) in [6.07, 6.45) is -0.922. The molecule has 1 saturated heterocycles. The monoisotopic (exact) mass is 338 g/mol. The predicted octanol–water partition coefficient (Wildman–Crippen LogP) is 4.15. The summed E-state index contributed by atoms with van der Waals surface area (Å²) >= 11 is 0. The van der Waals surface area contributed by atoms with E-state index in [9.17, 15) is 9.18 Å². The summed E-state index contributed by atoms with van der Waals surface area (Å²) in [5.74, 6) is 0. The third-order valence-corrected chi connectivity index (χ3v) is 3.60. The van der Waals surface area contributed by atoms with Crippen LogP contribution in [-0.2, 0) is 11.3 Å². The Morgan fingerprint density at radius 3 is 2.46 bits per heavy atom. The molecule has 1 amide bonds. The van der Waals surface area contributed by atoms with Crippen molar-refractivity contribution in [1.82, 2.24) is 10.2 Å². The molecule has 0 radical (unpaired) electrons. The van der Waals surface area contributed by atoms with Crippen molar-refractivity contribution in [3.05, 3.63) is 35.9 Å². The van der Waals surface area contributed by atoms with Gasteiger partial charge in [-0.2, -0.15) is 0 Å². The second kappa shape index (κ2) is 9.62. The first-order valence-corrected chi connectivity index (χ1v) is 8.74. The summed E-state index contributed by atoms with van der Waals surface area (Å²) in [4.78, 5) is 13.4. The van der Waals surface area contributed by atoms with E-state index in [1.807, 2.05) is 65.0 Å². The van der Waals surface area contributed by atoms with Gasteiger partial charge in [0.1, 0.15) is 11.8 Å². The van der Waals surface area contributed by atoms with Gasteiger partial charge in [-0.25, -0.2) is 9.18 Å². The maximum absolute atomic E-state index is 14.3. The van der Waals surface area contributed by atoms with Crippen LogP contribution in [0, 0.1) is 0 Å². The van der Waals surface area contributed by atoms with Gasteiger partial charge in [-0.15, -0.1) is 0 Å². The van der Waals surface area contributed by atoms with Gasteiger partial charge in [0, 0.05) is 19.1 Å². The van der Waals surface area contributed by atoms with Gasteiger partial charge in [0.15, 0.2) is 0 Å². The van der Waals surface area contributed by atoms with Crippen LogP contribution in [0.2, 0.25) is 0 Å². The van der Waals surface area contributed by atoms with Crippen LogP contribution in [0.25, 0.3) is 0 Å². The van der Waals surface area contributed by atoms with E-state index in [-0.39, 0.29) is 12.6 Å². The van der Waals surface area contributed by atoms with Crippen molar-refractivity contribution in [2.45, 2.75) is 65.4 Å². The molecule has 136 valence electrons. The highest BCUT2D eigenvalue weighted by molar-refractivity contribution is 5.68. The Labute approximate surface area is 145 Å². The number of nitrogens with zero attached hydrogens (tertiary/aromatic N) is 1. The van der Waals surface area contributed by atoms with Crippen molar-refractivity contribution < 1.29 is 13.9 Å². The normalized spacial score (nSPS) is 20.8. The number of rotatable bonds is 3. The number of benzene rings is 1. The number of hydrogen-bond donors (Lipinski definition) is 1. The minimum Gasteiger partial charge on any atom is -0.444 e. The van der Waals surface area contributed by atoms with Crippen molar-refractivity contribution in [3.8, 4) is 0 Å². The smallest absolute Gasteiger partial charge is 0.410 e. The zero-order valence-electron chi connectivity index (χ0n) is 15.5. The molecule has 1 aromatic carbocycles. The summed E-state index contributed by atoms with van der Waals surface area (Å²) < 4.78 is 19.6. The van der Waals surface area contributed by atoms with Crippen LogP contribution in [-0.4, -0.2) is 41.9 Å². The van der Waals surface area contributed by atoms with E-state index in [0.29, 0.717) is 19.5 Å². The molecule has 0 bridgehead atoms. The zero-order chi connectivity index (χ0) is 18.2. The Bertz CT molecular complexity index is 488. The Balaban J connectivity index is 0.00000139. The van der Waals surface area contributed by atoms with Gasteiger partial charge >= 0.3 is 6.09 Å². The van der Waals surface area contributed by atoms with Crippen LogP contribution in [0.5, 0.6) is 0 Å². The zero-order valence-corrected chi connectivity index (χ0v) is 15.5. The number of nitrogens with one attached hydrogen (secondary N) is 1. The lowest BCUT2D eigenvalue weighted by Gasteiger charge is -2.36. The summed E-state index contributed by atoms with van der Waals surface area (Å²) in [5, 5.41) is 3.24. The lowest BCUT2D eigenvalue weighted by molar-refractivity contribution is 0.00934. The highest BCUT2D eigenvalue weighted by Crippen LogP contribution is 2.18. The molecule has 2 unspecified atom stereocenters. The lowest BCUT2D eigenvalue weighted by atomic mass is 10.0. The minimum atomic E-state index is -1.08. The third kappa shape index (κ3) is 6.87. The summed E-state index contributed by atoms with van der Waals surface area (Å²) in [6, 6.07) is 9.69. The molecule has 1 aliphatic heterocycles. The van der Waals surface area contributed by atoms with E-state index in [1.165, 1.54) is 4.90 Å². The molecule has 1 aliphatic rings. The van der Waals surface area contributed by atoms with Crippen LogP contribution in [0.15, 0.2) is 30.3 Å². The maximum atomic E-state index is 14.3. The number of carbonyl (C=O) groups excluding carboxylic acids is 1. The number of likely N-dealkylation sites (tertiary alicyclic amines) is 1. The van der Waals surface area contributed by atoms with Gasteiger partial charge in [-0.3, -0.25) is 0 Å². The number of carbonyl (C=O) groups is 1. The van der Waals surface area contributed by atoms with Crippen molar-refractivity contribution in [2.75, 3.05) is 13.1 Å². The molecular weight excluding hydrogens is 307 g/mol. The summed E-state index contributed by atoms with van der Waals surface area (Å²) in [5.41, 5.74) is 0.579. The first-order chi connectivity index (χ1) is 11.3. The fourth-order valence-electron chi connectivity index (χ4n) is 2.47. The fourth-order valence-corrected chi connectivity index (χ4v) is 2.47. The first kappa shape index (κ1) is 20.4. The molecule has 0 saturated carbocycles. The molecular formula is C19H31FN2O2. The number of alkyl halides is 1. The molecule has 0 aliphatic carbocycles. The number of piperidine rings is 1. The van der Waals surface area contributed by atoms with Crippen molar-refractivity contribution in [1.29, 1.82) is 0 Å². The summed E-state index contributed by atoms with van der Waals surface area (Å²) in [7, 11) is 0. The van der Waals surface area contributed by atoms with Crippen LogP contribution >= 0.6 is 0 Å². The van der Waals surface area contributed by atoms with E-state index in [2.05, 4.69) is 5.32 Å². The first-order valence-electron chi connectivity index (χ1n) is 8.74. The van der Waals surface area contributed by atoms with Gasteiger partial charge in [-0.1, -0.05) is 44.2 Å². The molecule has 2 rings (SSSR count). The number of ether oxygens (including phenoxy) is 1. The van der Waals surface area contributed by atoms with Crippen molar-refractivity contribution in [2.24, 2.45) is 0 Å². The van der Waals surface area contributed by atoms with Gasteiger partial charge in [0.25, 0.3) is 0 Å². The Hall–Kier alpha value is -1.62. The number of halogens is 1. The van der Waals surface area contributed by atoms with Crippen LogP contribution in [0.1, 0.15) is 46.6 Å². The van der Waals surface area contributed by atoms with E-state index >= 15 is 0 Å². The second-order valence-corrected chi connectivity index (χ2v) is 6.70. The number of hydrogen-bond acceptors (Lipinski definition) is 3. The van der Waals surface area contributed by atoms with E-state index < -0.39 is 17.9 Å². The molecule has 1 aromatic rings. The van der Waals surface area contributed by atoms with E-state index in [4.69, 9.17) is 4.74 Å². The Kier molecular flexibility index (Phi) is 8.19. The average molecular weight is 338 g/mol. The molecule has 5 heteroatoms. The van der Waals surface area contributed by atoms with Gasteiger partial charge in [0.2, 0.25) is 0 Å². The van der Waals surface area contributed by atoms with E-state index in [0.717, 1.165) is 5.56 Å². The molecule has 0 spiro atoms. The fraction of sp³-hybridized carbons (Fsp3) is 0.632. The molecule has 0 aromatic heterocycles.